The summed E-state index contributed by atoms with van der Waals surface area (Å²) in [6.07, 6.45) is 0.896. The number of benzene rings is 2. The molecule has 180 valence electrons. The van der Waals surface area contributed by atoms with Crippen LogP contribution >= 0.6 is 0 Å². The summed E-state index contributed by atoms with van der Waals surface area (Å²) in [5.41, 5.74) is 1.92. The summed E-state index contributed by atoms with van der Waals surface area (Å²) in [5.74, 6) is -1.37. The number of methoxy groups -OCH3 is 2. The van der Waals surface area contributed by atoms with Gasteiger partial charge in [-0.2, -0.15) is 0 Å². The minimum absolute atomic E-state index is 0.0363. The van der Waals surface area contributed by atoms with E-state index in [-0.39, 0.29) is 24.8 Å². The van der Waals surface area contributed by atoms with E-state index in [4.69, 9.17) is 14.3 Å². The van der Waals surface area contributed by atoms with Gasteiger partial charge in [-0.1, -0.05) is 42.5 Å². The molecule has 0 N–H and O–H groups in total. The average molecular weight is 467 g/mol. The maximum Gasteiger partial charge on any atom is 0.311 e. The molecule has 0 saturated carbocycles. The smallest absolute Gasteiger partial charge is 0.311 e. The number of hydrogen-bond acceptors (Lipinski definition) is 6. The van der Waals surface area contributed by atoms with Crippen molar-refractivity contribution in [2.75, 3.05) is 40.5 Å². The van der Waals surface area contributed by atoms with Crippen LogP contribution in [0.25, 0.3) is 11.1 Å². The first-order chi connectivity index (χ1) is 16.5. The van der Waals surface area contributed by atoms with Gasteiger partial charge in [0.1, 0.15) is 0 Å². The van der Waals surface area contributed by atoms with Crippen LogP contribution in [0.3, 0.4) is 0 Å². The summed E-state index contributed by atoms with van der Waals surface area (Å²) in [7, 11) is 2.88. The van der Waals surface area contributed by atoms with E-state index in [9.17, 15) is 14.4 Å². The van der Waals surface area contributed by atoms with Crippen molar-refractivity contribution in [1.29, 1.82) is 0 Å². The van der Waals surface area contributed by atoms with E-state index in [1.54, 1.807) is 12.0 Å². The van der Waals surface area contributed by atoms with Crippen LogP contribution in [0.5, 0.6) is 0 Å². The largest absolute Gasteiger partial charge is 0.469 e. The normalized spacial score (nSPS) is 19.5. The second-order valence-electron chi connectivity index (χ2n) is 8.63. The predicted molar refractivity (Wildman–Crippen MR) is 125 cm³/mol. The molecule has 1 atom stereocenters. The number of piperidine rings is 1. The monoisotopic (exact) mass is 466 g/mol. The summed E-state index contributed by atoms with van der Waals surface area (Å²) in [6, 6.07) is 17.6. The Morgan fingerprint density at radius 1 is 0.941 bits per heavy atom. The highest BCUT2D eigenvalue weighted by atomic mass is 16.7. The molecule has 0 aliphatic carbocycles. The van der Waals surface area contributed by atoms with Crippen LogP contribution < -0.4 is 0 Å². The summed E-state index contributed by atoms with van der Waals surface area (Å²) >= 11 is 0. The minimum Gasteiger partial charge on any atom is -0.469 e. The Balaban J connectivity index is 1.47. The molecule has 2 fully saturated rings. The third-order valence-corrected chi connectivity index (χ3v) is 6.81. The van der Waals surface area contributed by atoms with Crippen LogP contribution in [-0.2, 0) is 23.9 Å². The number of carbonyl (C=O) groups excluding carboxylic acids is 3. The van der Waals surface area contributed by atoms with E-state index < -0.39 is 17.4 Å². The fourth-order valence-corrected chi connectivity index (χ4v) is 4.96. The molecule has 2 aliphatic rings. The summed E-state index contributed by atoms with van der Waals surface area (Å²) < 4.78 is 10.0. The fraction of sp³-hybridized carbons (Fsp3) is 0.423. The zero-order valence-corrected chi connectivity index (χ0v) is 19.6. The second kappa shape index (κ2) is 10.4. The lowest BCUT2D eigenvalue weighted by Crippen LogP contribution is -2.58. The standard InChI is InChI=1S/C26H30N2O6/c1-32-16-17-34-28-23(29)18-22(25(31)33-2)26(28)12-14-27(15-13-26)24(30)21-10-8-20(9-11-21)19-6-4-3-5-7-19/h3-11,22H,12-18H2,1-2H3. The molecular formula is C26H30N2O6. The van der Waals surface area contributed by atoms with E-state index in [0.29, 0.717) is 38.1 Å². The van der Waals surface area contributed by atoms with E-state index in [2.05, 4.69) is 0 Å². The Morgan fingerprint density at radius 3 is 2.21 bits per heavy atom. The van der Waals surface area contributed by atoms with Gasteiger partial charge < -0.3 is 14.4 Å². The number of carbonyl (C=O) groups is 3. The summed E-state index contributed by atoms with van der Waals surface area (Å²) in [4.78, 5) is 46.0. The van der Waals surface area contributed by atoms with Crippen molar-refractivity contribution >= 4 is 17.8 Å². The summed E-state index contributed by atoms with van der Waals surface area (Å²) in [5, 5.41) is 1.35. The number of nitrogens with zero attached hydrogens (tertiary/aromatic N) is 2. The average Bonchev–Trinajstić information content (AvgIpc) is 3.15. The van der Waals surface area contributed by atoms with Crippen molar-refractivity contribution in [2.24, 2.45) is 5.92 Å². The highest BCUT2D eigenvalue weighted by molar-refractivity contribution is 5.95. The molecule has 1 unspecified atom stereocenters. The van der Waals surface area contributed by atoms with Gasteiger partial charge in [0.15, 0.2) is 0 Å². The van der Waals surface area contributed by atoms with E-state index >= 15 is 0 Å². The van der Waals surface area contributed by atoms with Gasteiger partial charge in [-0.25, -0.2) is 5.06 Å². The lowest BCUT2D eigenvalue weighted by Gasteiger charge is -2.45. The van der Waals surface area contributed by atoms with Crippen molar-refractivity contribution in [2.45, 2.75) is 24.8 Å². The molecule has 2 aromatic rings. The van der Waals surface area contributed by atoms with E-state index in [1.165, 1.54) is 12.2 Å². The maximum atomic E-state index is 13.2. The topological polar surface area (TPSA) is 85.4 Å². The molecule has 1 spiro atoms. The zero-order valence-electron chi connectivity index (χ0n) is 19.6. The van der Waals surface area contributed by atoms with Crippen molar-refractivity contribution in [1.82, 2.24) is 9.96 Å². The van der Waals surface area contributed by atoms with Gasteiger partial charge in [-0.15, -0.1) is 0 Å². The molecule has 2 amide bonds. The maximum absolute atomic E-state index is 13.2. The SMILES string of the molecule is COCCON1C(=O)CC(C(=O)OC)C12CCN(C(=O)c1ccc(-c3ccccc3)cc1)CC2. The number of amides is 2. The van der Waals surface area contributed by atoms with E-state index in [1.807, 2.05) is 54.6 Å². The number of hydroxylamine groups is 2. The number of rotatable bonds is 7. The lowest BCUT2D eigenvalue weighted by molar-refractivity contribution is -0.226. The molecule has 2 aromatic carbocycles. The van der Waals surface area contributed by atoms with Crippen molar-refractivity contribution in [3.63, 3.8) is 0 Å². The molecule has 2 heterocycles. The van der Waals surface area contributed by atoms with Gasteiger partial charge in [-0.3, -0.25) is 19.2 Å². The van der Waals surface area contributed by atoms with Crippen molar-refractivity contribution in [3.8, 4) is 11.1 Å². The van der Waals surface area contributed by atoms with Crippen LogP contribution in [0, 0.1) is 5.92 Å². The molecule has 8 heteroatoms. The van der Waals surface area contributed by atoms with E-state index in [0.717, 1.165) is 11.1 Å². The molecule has 8 nitrogen and oxygen atoms in total. The van der Waals surface area contributed by atoms with Gasteiger partial charge in [0.2, 0.25) is 5.91 Å². The van der Waals surface area contributed by atoms with Crippen LogP contribution in [0.15, 0.2) is 54.6 Å². The Hall–Kier alpha value is -3.23. The van der Waals surface area contributed by atoms with Gasteiger partial charge in [0.25, 0.3) is 5.91 Å². The Morgan fingerprint density at radius 2 is 1.59 bits per heavy atom. The predicted octanol–water partition coefficient (Wildman–Crippen LogP) is 2.93. The zero-order chi connectivity index (χ0) is 24.1. The first-order valence-corrected chi connectivity index (χ1v) is 11.5. The minimum atomic E-state index is -0.828. The van der Waals surface area contributed by atoms with Crippen LogP contribution in [-0.4, -0.2) is 73.8 Å². The van der Waals surface area contributed by atoms with Gasteiger partial charge in [0.05, 0.1) is 31.8 Å². The molecular weight excluding hydrogens is 436 g/mol. The number of likely N-dealkylation sites (tertiary alicyclic amines) is 1. The second-order valence-corrected chi connectivity index (χ2v) is 8.63. The highest BCUT2D eigenvalue weighted by Crippen LogP contribution is 2.44. The Kier molecular flexibility index (Phi) is 7.29. The van der Waals surface area contributed by atoms with Crippen LogP contribution in [0.4, 0.5) is 0 Å². The fourth-order valence-electron chi connectivity index (χ4n) is 4.96. The lowest BCUT2D eigenvalue weighted by atomic mass is 9.77. The molecule has 0 aromatic heterocycles. The van der Waals surface area contributed by atoms with Crippen molar-refractivity contribution in [3.05, 3.63) is 60.2 Å². The molecule has 4 rings (SSSR count). The first-order valence-electron chi connectivity index (χ1n) is 11.5. The third kappa shape index (κ3) is 4.56. The molecule has 0 bridgehead atoms. The highest BCUT2D eigenvalue weighted by Gasteiger charge is 2.58. The number of esters is 1. The third-order valence-electron chi connectivity index (χ3n) is 6.81. The molecule has 0 radical (unpaired) electrons. The molecule has 2 saturated heterocycles. The Bertz CT molecular complexity index is 1020. The van der Waals surface area contributed by atoms with Gasteiger partial charge in [-0.05, 0) is 36.1 Å². The summed E-state index contributed by atoms with van der Waals surface area (Å²) in [6.45, 7) is 1.34. The van der Waals surface area contributed by atoms with Gasteiger partial charge in [0, 0.05) is 32.2 Å². The van der Waals surface area contributed by atoms with Crippen molar-refractivity contribution < 1.29 is 28.7 Å². The Labute approximate surface area is 199 Å². The molecule has 2 aliphatic heterocycles. The quantitative estimate of drug-likeness (QED) is 0.461. The number of hydrogen-bond donors (Lipinski definition) is 0. The molecule has 34 heavy (non-hydrogen) atoms. The van der Waals surface area contributed by atoms with Gasteiger partial charge >= 0.3 is 5.97 Å². The van der Waals surface area contributed by atoms with Crippen LogP contribution in [0.2, 0.25) is 0 Å². The van der Waals surface area contributed by atoms with Crippen LogP contribution in [0.1, 0.15) is 29.6 Å². The number of ether oxygens (including phenoxy) is 2. The first kappa shape index (κ1) is 23.9.